The highest BCUT2D eigenvalue weighted by atomic mass is 15.3. The highest BCUT2D eigenvalue weighted by molar-refractivity contribution is 5.01. The average Bonchev–Trinajstić information content (AvgIpc) is 2.45. The smallest absolute Gasteiger partial charge is 0.133 e. The van der Waals surface area contributed by atoms with E-state index < -0.39 is 0 Å². The Morgan fingerprint density at radius 3 is 3.09 bits per heavy atom. The molecule has 0 saturated carbocycles. The van der Waals surface area contributed by atoms with Crippen LogP contribution in [0.1, 0.15) is 25.5 Å². The van der Waals surface area contributed by atoms with Gasteiger partial charge in [-0.2, -0.15) is 0 Å². The van der Waals surface area contributed by atoms with Gasteiger partial charge in [0, 0.05) is 19.4 Å². The molecular weight excluding hydrogens is 138 g/mol. The lowest BCUT2D eigenvalue weighted by molar-refractivity contribution is 0.545. The number of aromatic nitrogens is 3. The topological polar surface area (TPSA) is 30.7 Å². The lowest BCUT2D eigenvalue weighted by Gasteiger charge is -2.00. The first-order valence-electron chi connectivity index (χ1n) is 4.22. The van der Waals surface area contributed by atoms with E-state index in [1.807, 2.05) is 0 Å². The second-order valence-electron chi connectivity index (χ2n) is 3.31. The van der Waals surface area contributed by atoms with Crippen molar-refractivity contribution < 1.29 is 0 Å². The van der Waals surface area contributed by atoms with Crippen LogP contribution in [0.25, 0.3) is 0 Å². The SMILES string of the molecule is CCc1nnc2n1CC(C)C2. The van der Waals surface area contributed by atoms with Crippen molar-refractivity contribution in [2.45, 2.75) is 33.2 Å². The summed E-state index contributed by atoms with van der Waals surface area (Å²) in [6, 6.07) is 0. The summed E-state index contributed by atoms with van der Waals surface area (Å²) < 4.78 is 2.25. The minimum Gasteiger partial charge on any atom is -0.315 e. The third-order valence-corrected chi connectivity index (χ3v) is 2.25. The lowest BCUT2D eigenvalue weighted by Crippen LogP contribution is -2.02. The molecule has 1 unspecified atom stereocenters. The molecule has 2 heterocycles. The minimum atomic E-state index is 0.755. The first-order chi connectivity index (χ1) is 5.31. The molecule has 1 aliphatic heterocycles. The lowest BCUT2D eigenvalue weighted by atomic mass is 10.1. The van der Waals surface area contributed by atoms with Gasteiger partial charge < -0.3 is 4.57 Å². The molecule has 0 N–H and O–H groups in total. The maximum Gasteiger partial charge on any atom is 0.133 e. The van der Waals surface area contributed by atoms with Gasteiger partial charge in [0.05, 0.1) is 0 Å². The van der Waals surface area contributed by atoms with Crippen LogP contribution in [0.3, 0.4) is 0 Å². The number of nitrogens with zero attached hydrogens (tertiary/aromatic N) is 3. The molecule has 0 radical (unpaired) electrons. The van der Waals surface area contributed by atoms with Crippen LogP contribution in [0.4, 0.5) is 0 Å². The minimum absolute atomic E-state index is 0.755. The second kappa shape index (κ2) is 2.32. The molecule has 1 aliphatic rings. The third kappa shape index (κ3) is 0.951. The molecule has 0 spiro atoms. The van der Waals surface area contributed by atoms with Crippen LogP contribution < -0.4 is 0 Å². The van der Waals surface area contributed by atoms with Crippen molar-refractivity contribution in [3.63, 3.8) is 0 Å². The first-order valence-corrected chi connectivity index (χ1v) is 4.22. The Hall–Kier alpha value is -0.860. The Morgan fingerprint density at radius 2 is 2.36 bits per heavy atom. The van der Waals surface area contributed by atoms with Crippen LogP contribution in [0.2, 0.25) is 0 Å². The van der Waals surface area contributed by atoms with Crippen molar-refractivity contribution in [3.05, 3.63) is 11.6 Å². The Bertz CT molecular complexity index is 264. The van der Waals surface area contributed by atoms with E-state index in [2.05, 4.69) is 28.6 Å². The fraction of sp³-hybridized carbons (Fsp3) is 0.750. The van der Waals surface area contributed by atoms with E-state index in [1.165, 1.54) is 5.82 Å². The number of hydrogen-bond donors (Lipinski definition) is 0. The van der Waals surface area contributed by atoms with E-state index in [9.17, 15) is 0 Å². The van der Waals surface area contributed by atoms with Gasteiger partial charge in [-0.15, -0.1) is 10.2 Å². The Balaban J connectivity index is 2.37. The maximum absolute atomic E-state index is 4.13. The van der Waals surface area contributed by atoms with Gasteiger partial charge in [0.1, 0.15) is 11.6 Å². The van der Waals surface area contributed by atoms with Crippen LogP contribution >= 0.6 is 0 Å². The summed E-state index contributed by atoms with van der Waals surface area (Å²) in [5, 5.41) is 8.23. The molecule has 3 nitrogen and oxygen atoms in total. The van der Waals surface area contributed by atoms with Crippen molar-refractivity contribution in [1.29, 1.82) is 0 Å². The maximum atomic E-state index is 4.13. The number of aryl methyl sites for hydroxylation is 1. The molecule has 0 fully saturated rings. The van der Waals surface area contributed by atoms with Crippen LogP contribution in [0.5, 0.6) is 0 Å². The Labute approximate surface area is 66.4 Å². The number of fused-ring (bicyclic) bond motifs is 1. The molecular formula is C8H13N3. The van der Waals surface area contributed by atoms with Crippen molar-refractivity contribution in [3.8, 4) is 0 Å². The quantitative estimate of drug-likeness (QED) is 0.600. The Kier molecular flexibility index (Phi) is 1.44. The largest absolute Gasteiger partial charge is 0.315 e. The van der Waals surface area contributed by atoms with Gasteiger partial charge in [-0.3, -0.25) is 0 Å². The Morgan fingerprint density at radius 1 is 1.55 bits per heavy atom. The van der Waals surface area contributed by atoms with Gasteiger partial charge in [0.25, 0.3) is 0 Å². The van der Waals surface area contributed by atoms with Gasteiger partial charge >= 0.3 is 0 Å². The summed E-state index contributed by atoms with van der Waals surface area (Å²) in [5.74, 6) is 3.07. The van der Waals surface area contributed by atoms with Crippen LogP contribution in [-0.2, 0) is 19.4 Å². The molecule has 60 valence electrons. The molecule has 0 aromatic carbocycles. The van der Waals surface area contributed by atoms with E-state index >= 15 is 0 Å². The zero-order valence-corrected chi connectivity index (χ0v) is 7.04. The molecule has 0 saturated heterocycles. The monoisotopic (exact) mass is 151 g/mol. The van der Waals surface area contributed by atoms with Crippen LogP contribution in [0, 0.1) is 5.92 Å². The zero-order chi connectivity index (χ0) is 7.84. The van der Waals surface area contributed by atoms with E-state index in [4.69, 9.17) is 0 Å². The summed E-state index contributed by atoms with van der Waals surface area (Å²) in [5.41, 5.74) is 0. The molecule has 11 heavy (non-hydrogen) atoms. The highest BCUT2D eigenvalue weighted by Gasteiger charge is 2.21. The molecule has 0 aliphatic carbocycles. The summed E-state index contributed by atoms with van der Waals surface area (Å²) in [6.45, 7) is 5.50. The molecule has 3 heteroatoms. The van der Waals surface area contributed by atoms with Gasteiger partial charge in [-0.1, -0.05) is 13.8 Å². The van der Waals surface area contributed by atoms with Crippen LogP contribution in [0.15, 0.2) is 0 Å². The van der Waals surface area contributed by atoms with Crippen molar-refractivity contribution in [2.75, 3.05) is 0 Å². The third-order valence-electron chi connectivity index (χ3n) is 2.25. The van der Waals surface area contributed by atoms with Gasteiger partial charge in [0.15, 0.2) is 0 Å². The molecule has 1 atom stereocenters. The highest BCUT2D eigenvalue weighted by Crippen LogP contribution is 2.19. The van der Waals surface area contributed by atoms with E-state index in [0.29, 0.717) is 0 Å². The zero-order valence-electron chi connectivity index (χ0n) is 7.04. The predicted octanol–water partition coefficient (Wildman–Crippen LogP) is 1.03. The van der Waals surface area contributed by atoms with Gasteiger partial charge in [0.2, 0.25) is 0 Å². The molecule has 2 rings (SSSR count). The van der Waals surface area contributed by atoms with Crippen molar-refractivity contribution in [2.24, 2.45) is 5.92 Å². The van der Waals surface area contributed by atoms with E-state index in [-0.39, 0.29) is 0 Å². The fourth-order valence-electron chi connectivity index (χ4n) is 1.68. The summed E-state index contributed by atoms with van der Waals surface area (Å²) in [4.78, 5) is 0. The van der Waals surface area contributed by atoms with Gasteiger partial charge in [-0.05, 0) is 5.92 Å². The molecule has 1 aromatic heterocycles. The van der Waals surface area contributed by atoms with E-state index in [1.54, 1.807) is 0 Å². The fourth-order valence-corrected chi connectivity index (χ4v) is 1.68. The van der Waals surface area contributed by atoms with Crippen LogP contribution in [-0.4, -0.2) is 14.8 Å². The number of hydrogen-bond acceptors (Lipinski definition) is 2. The molecule has 0 bridgehead atoms. The molecule has 1 aromatic rings. The summed E-state index contributed by atoms with van der Waals surface area (Å²) in [6.07, 6.45) is 2.10. The number of rotatable bonds is 1. The molecule has 0 amide bonds. The van der Waals surface area contributed by atoms with E-state index in [0.717, 1.165) is 31.1 Å². The predicted molar refractivity (Wildman–Crippen MR) is 42.3 cm³/mol. The normalized spacial score (nSPS) is 22.2. The van der Waals surface area contributed by atoms with Crippen molar-refractivity contribution in [1.82, 2.24) is 14.8 Å². The van der Waals surface area contributed by atoms with Crippen molar-refractivity contribution >= 4 is 0 Å². The summed E-state index contributed by atoms with van der Waals surface area (Å²) in [7, 11) is 0. The second-order valence-corrected chi connectivity index (χ2v) is 3.31. The summed E-state index contributed by atoms with van der Waals surface area (Å²) >= 11 is 0. The standard InChI is InChI=1S/C8H13N3/c1-3-7-9-10-8-4-6(2)5-11(7)8/h6H,3-5H2,1-2H3. The first kappa shape index (κ1) is 6.83. The average molecular weight is 151 g/mol. The van der Waals surface area contributed by atoms with Gasteiger partial charge in [-0.25, -0.2) is 0 Å².